The molecule has 0 aliphatic heterocycles. The van der Waals surface area contributed by atoms with Crippen molar-refractivity contribution in [1.29, 1.82) is 0 Å². The van der Waals surface area contributed by atoms with Gasteiger partial charge in [0.2, 0.25) is 0 Å². The summed E-state index contributed by atoms with van der Waals surface area (Å²) in [6.07, 6.45) is 0.778. The quantitative estimate of drug-likeness (QED) is 0.518. The van der Waals surface area contributed by atoms with Gasteiger partial charge in [0.1, 0.15) is 5.69 Å². The molecule has 1 aromatic rings. The predicted octanol–water partition coefficient (Wildman–Crippen LogP) is 1.89. The summed E-state index contributed by atoms with van der Waals surface area (Å²) in [5.74, 6) is 0. The lowest BCUT2D eigenvalue weighted by Gasteiger charge is -2.27. The Morgan fingerprint density at radius 3 is 2.63 bits per heavy atom. The fraction of sp³-hybridized carbons (Fsp3) is 0.538. The van der Waals surface area contributed by atoms with Crippen LogP contribution in [-0.4, -0.2) is 29.2 Å². The average molecular weight is 267 g/mol. The van der Waals surface area contributed by atoms with Crippen molar-refractivity contribution in [2.75, 3.05) is 19.0 Å². The van der Waals surface area contributed by atoms with Gasteiger partial charge in [-0.1, -0.05) is 13.0 Å². The highest BCUT2D eigenvalue weighted by Crippen LogP contribution is 2.25. The number of anilines is 1. The van der Waals surface area contributed by atoms with Crippen LogP contribution < -0.4 is 10.6 Å². The fourth-order valence-electron chi connectivity index (χ4n) is 1.66. The molecule has 1 unspecified atom stereocenters. The molecule has 0 fully saturated rings. The van der Waals surface area contributed by atoms with Crippen molar-refractivity contribution in [3.8, 4) is 0 Å². The van der Waals surface area contributed by atoms with Crippen LogP contribution in [-0.2, 0) is 6.54 Å². The van der Waals surface area contributed by atoms with Gasteiger partial charge in [-0.05, 0) is 25.0 Å². The van der Waals surface area contributed by atoms with E-state index in [9.17, 15) is 15.2 Å². The second-order valence-corrected chi connectivity index (χ2v) is 4.78. The smallest absolute Gasteiger partial charge is 0.292 e. The maximum atomic E-state index is 11.0. The van der Waals surface area contributed by atoms with E-state index in [1.807, 2.05) is 19.9 Å². The first-order chi connectivity index (χ1) is 8.95. The van der Waals surface area contributed by atoms with Crippen molar-refractivity contribution >= 4 is 11.4 Å². The number of benzene rings is 1. The lowest BCUT2D eigenvalue weighted by atomic mass is 10.00. The van der Waals surface area contributed by atoms with Crippen LogP contribution in [0.15, 0.2) is 18.2 Å². The monoisotopic (exact) mass is 267 g/mol. The summed E-state index contributed by atoms with van der Waals surface area (Å²) >= 11 is 0. The Balaban J connectivity index is 2.86. The second-order valence-electron chi connectivity index (χ2n) is 4.78. The number of hydrogen-bond donors (Lipinski definition) is 3. The summed E-state index contributed by atoms with van der Waals surface area (Å²) in [4.78, 5) is 10.5. The van der Waals surface area contributed by atoms with Crippen LogP contribution in [0.3, 0.4) is 0 Å². The minimum atomic E-state index is -0.402. The first kappa shape index (κ1) is 15.4. The van der Waals surface area contributed by atoms with Gasteiger partial charge in [0, 0.05) is 25.2 Å². The van der Waals surface area contributed by atoms with E-state index in [0.717, 1.165) is 12.0 Å². The third-order valence-electron chi connectivity index (χ3n) is 3.38. The average Bonchev–Trinajstić information content (AvgIpc) is 2.44. The number of rotatable bonds is 7. The van der Waals surface area contributed by atoms with Gasteiger partial charge in [0.15, 0.2) is 0 Å². The molecule has 0 heterocycles. The lowest BCUT2D eigenvalue weighted by molar-refractivity contribution is -0.384. The topological polar surface area (TPSA) is 87.4 Å². The molecule has 3 N–H and O–H groups in total. The molecule has 1 rings (SSSR count). The van der Waals surface area contributed by atoms with Crippen LogP contribution in [0.2, 0.25) is 0 Å². The van der Waals surface area contributed by atoms with E-state index in [1.54, 1.807) is 19.2 Å². The molecule has 6 nitrogen and oxygen atoms in total. The summed E-state index contributed by atoms with van der Waals surface area (Å²) in [6.45, 7) is 4.41. The van der Waals surface area contributed by atoms with Crippen LogP contribution >= 0.6 is 0 Å². The molecule has 0 aliphatic rings. The second kappa shape index (κ2) is 6.49. The highest BCUT2D eigenvalue weighted by molar-refractivity contribution is 5.62. The van der Waals surface area contributed by atoms with Crippen molar-refractivity contribution in [3.05, 3.63) is 33.9 Å². The number of hydrogen-bond acceptors (Lipinski definition) is 5. The Morgan fingerprint density at radius 1 is 1.47 bits per heavy atom. The van der Waals surface area contributed by atoms with Crippen molar-refractivity contribution in [2.24, 2.45) is 0 Å². The number of nitrogens with one attached hydrogen (secondary N) is 2. The van der Waals surface area contributed by atoms with Crippen molar-refractivity contribution in [3.63, 3.8) is 0 Å². The molecule has 1 aromatic carbocycles. The Labute approximate surface area is 113 Å². The van der Waals surface area contributed by atoms with Gasteiger partial charge >= 0.3 is 0 Å². The Morgan fingerprint density at radius 2 is 2.16 bits per heavy atom. The van der Waals surface area contributed by atoms with Crippen molar-refractivity contribution in [1.82, 2.24) is 5.32 Å². The van der Waals surface area contributed by atoms with E-state index in [4.69, 9.17) is 0 Å². The fourth-order valence-corrected chi connectivity index (χ4v) is 1.66. The molecule has 0 aromatic heterocycles. The van der Waals surface area contributed by atoms with E-state index >= 15 is 0 Å². The first-order valence-corrected chi connectivity index (χ1v) is 6.26. The largest absolute Gasteiger partial charge is 0.394 e. The SMILES string of the molecule is CCC(C)(CO)NCc1ccc(NC)c([N+](=O)[O-])c1. The number of nitro groups is 1. The maximum absolute atomic E-state index is 11.0. The molecular formula is C13H21N3O3. The molecule has 0 amide bonds. The standard InChI is InChI=1S/C13H21N3O3/c1-4-13(2,9-17)15-8-10-5-6-11(14-3)12(7-10)16(18)19/h5-7,14-15,17H,4,8-9H2,1-3H3. The number of aliphatic hydroxyl groups excluding tert-OH is 1. The van der Waals surface area contributed by atoms with Gasteiger partial charge in [-0.25, -0.2) is 0 Å². The van der Waals surface area contributed by atoms with Gasteiger partial charge in [-0.15, -0.1) is 0 Å². The normalized spacial score (nSPS) is 13.9. The van der Waals surface area contributed by atoms with Crippen LogP contribution in [0.4, 0.5) is 11.4 Å². The van der Waals surface area contributed by atoms with Crippen LogP contribution in [0.1, 0.15) is 25.8 Å². The molecule has 106 valence electrons. The number of aliphatic hydroxyl groups is 1. The molecule has 0 aliphatic carbocycles. The Bertz CT molecular complexity index is 445. The van der Waals surface area contributed by atoms with Crippen LogP contribution in [0.5, 0.6) is 0 Å². The van der Waals surface area contributed by atoms with E-state index in [-0.39, 0.29) is 17.8 Å². The first-order valence-electron chi connectivity index (χ1n) is 6.26. The third kappa shape index (κ3) is 3.90. The molecular weight excluding hydrogens is 246 g/mol. The van der Waals surface area contributed by atoms with Crippen LogP contribution in [0.25, 0.3) is 0 Å². The zero-order valence-corrected chi connectivity index (χ0v) is 11.6. The minimum absolute atomic E-state index is 0.0280. The van der Waals surface area contributed by atoms with Gasteiger partial charge in [-0.2, -0.15) is 0 Å². The van der Waals surface area contributed by atoms with E-state index < -0.39 is 4.92 Å². The van der Waals surface area contributed by atoms with Gasteiger partial charge < -0.3 is 15.7 Å². The maximum Gasteiger partial charge on any atom is 0.292 e. The number of nitrogens with zero attached hydrogens (tertiary/aromatic N) is 1. The molecule has 0 bridgehead atoms. The Kier molecular flexibility index (Phi) is 5.26. The highest BCUT2D eigenvalue weighted by atomic mass is 16.6. The molecule has 0 spiro atoms. The summed E-state index contributed by atoms with van der Waals surface area (Å²) in [7, 11) is 1.65. The summed E-state index contributed by atoms with van der Waals surface area (Å²) in [6, 6.07) is 5.07. The minimum Gasteiger partial charge on any atom is -0.394 e. The highest BCUT2D eigenvalue weighted by Gasteiger charge is 2.20. The van der Waals surface area contributed by atoms with Gasteiger partial charge in [-0.3, -0.25) is 10.1 Å². The molecule has 0 radical (unpaired) electrons. The predicted molar refractivity (Wildman–Crippen MR) is 75.3 cm³/mol. The van der Waals surface area contributed by atoms with E-state index in [2.05, 4.69) is 10.6 Å². The van der Waals surface area contributed by atoms with Gasteiger partial charge in [0.25, 0.3) is 5.69 Å². The van der Waals surface area contributed by atoms with Crippen molar-refractivity contribution < 1.29 is 10.0 Å². The zero-order chi connectivity index (χ0) is 14.5. The molecule has 0 saturated heterocycles. The van der Waals surface area contributed by atoms with Gasteiger partial charge in [0.05, 0.1) is 11.5 Å². The summed E-state index contributed by atoms with van der Waals surface area (Å²) < 4.78 is 0. The molecule has 0 saturated carbocycles. The summed E-state index contributed by atoms with van der Waals surface area (Å²) in [5, 5.41) is 26.3. The van der Waals surface area contributed by atoms with Crippen LogP contribution in [0, 0.1) is 10.1 Å². The third-order valence-corrected chi connectivity index (χ3v) is 3.38. The molecule has 19 heavy (non-hydrogen) atoms. The lowest BCUT2D eigenvalue weighted by Crippen LogP contribution is -2.44. The zero-order valence-electron chi connectivity index (χ0n) is 11.6. The molecule has 1 atom stereocenters. The van der Waals surface area contributed by atoms with E-state index in [1.165, 1.54) is 0 Å². The molecule has 6 heteroatoms. The van der Waals surface area contributed by atoms with Crippen molar-refractivity contribution in [2.45, 2.75) is 32.4 Å². The Hall–Kier alpha value is -1.66. The summed E-state index contributed by atoms with van der Waals surface area (Å²) in [5.41, 5.74) is 1.01. The number of nitro benzene ring substituents is 1. The van der Waals surface area contributed by atoms with E-state index in [0.29, 0.717) is 12.2 Å².